The van der Waals surface area contributed by atoms with Gasteiger partial charge in [0.05, 0.1) is 6.20 Å². The van der Waals surface area contributed by atoms with Gasteiger partial charge in [-0.2, -0.15) is 0 Å². The molecule has 0 saturated heterocycles. The summed E-state index contributed by atoms with van der Waals surface area (Å²) in [6.07, 6.45) is 1.42. The van der Waals surface area contributed by atoms with Gasteiger partial charge in [0, 0.05) is 17.1 Å². The van der Waals surface area contributed by atoms with Crippen LogP contribution in [0.25, 0.3) is 11.5 Å². The summed E-state index contributed by atoms with van der Waals surface area (Å²) in [4.78, 5) is 16.2. The molecule has 0 fully saturated rings. The SMILES string of the molecule is O=C(NCc1ccccc1Cl)c1cnc(-c2ccccc2)o1. The maximum Gasteiger partial charge on any atom is 0.288 e. The minimum absolute atomic E-state index is 0.172. The van der Waals surface area contributed by atoms with Crippen LogP contribution in [0.1, 0.15) is 16.1 Å². The molecule has 0 radical (unpaired) electrons. The van der Waals surface area contributed by atoms with Gasteiger partial charge in [-0.3, -0.25) is 4.79 Å². The predicted octanol–water partition coefficient (Wildman–Crippen LogP) is 3.93. The fourth-order valence-electron chi connectivity index (χ4n) is 2.00. The highest BCUT2D eigenvalue weighted by atomic mass is 35.5. The molecular weight excluding hydrogens is 300 g/mol. The lowest BCUT2D eigenvalue weighted by molar-refractivity contribution is 0.0924. The third-order valence-corrected chi connectivity index (χ3v) is 3.52. The van der Waals surface area contributed by atoms with Gasteiger partial charge in [-0.05, 0) is 23.8 Å². The van der Waals surface area contributed by atoms with Gasteiger partial charge in [-0.1, -0.05) is 48.0 Å². The Morgan fingerprint density at radius 2 is 1.82 bits per heavy atom. The molecule has 110 valence electrons. The second kappa shape index (κ2) is 6.45. The van der Waals surface area contributed by atoms with Crippen molar-refractivity contribution < 1.29 is 9.21 Å². The van der Waals surface area contributed by atoms with Gasteiger partial charge in [-0.15, -0.1) is 0 Å². The summed E-state index contributed by atoms with van der Waals surface area (Å²) in [7, 11) is 0. The Labute approximate surface area is 132 Å². The lowest BCUT2D eigenvalue weighted by Crippen LogP contribution is -2.22. The van der Waals surface area contributed by atoms with Crippen LogP contribution in [0.2, 0.25) is 5.02 Å². The minimum atomic E-state index is -0.324. The molecule has 0 unspecified atom stereocenters. The largest absolute Gasteiger partial charge is 0.431 e. The minimum Gasteiger partial charge on any atom is -0.431 e. The van der Waals surface area contributed by atoms with E-state index in [0.717, 1.165) is 11.1 Å². The van der Waals surface area contributed by atoms with E-state index < -0.39 is 0 Å². The van der Waals surface area contributed by atoms with Crippen LogP contribution in [0.4, 0.5) is 0 Å². The lowest BCUT2D eigenvalue weighted by atomic mass is 10.2. The third-order valence-electron chi connectivity index (χ3n) is 3.15. The fourth-order valence-corrected chi connectivity index (χ4v) is 2.20. The van der Waals surface area contributed by atoms with E-state index >= 15 is 0 Å². The molecule has 3 aromatic rings. The Morgan fingerprint density at radius 1 is 1.09 bits per heavy atom. The average molecular weight is 313 g/mol. The van der Waals surface area contributed by atoms with Crippen molar-refractivity contribution in [3.8, 4) is 11.5 Å². The molecule has 2 aromatic carbocycles. The van der Waals surface area contributed by atoms with Gasteiger partial charge in [0.2, 0.25) is 11.7 Å². The first-order valence-electron chi connectivity index (χ1n) is 6.77. The number of oxazole rings is 1. The van der Waals surface area contributed by atoms with Crippen LogP contribution in [-0.4, -0.2) is 10.9 Å². The molecule has 1 N–H and O–H groups in total. The molecule has 1 aromatic heterocycles. The Bertz CT molecular complexity index is 784. The lowest BCUT2D eigenvalue weighted by Gasteiger charge is -2.04. The van der Waals surface area contributed by atoms with Crippen molar-refractivity contribution in [1.82, 2.24) is 10.3 Å². The second-order valence-electron chi connectivity index (χ2n) is 4.67. The standard InChI is InChI=1S/C17H13ClN2O2/c18-14-9-5-4-8-13(14)10-19-16(21)15-11-20-17(22-15)12-6-2-1-3-7-12/h1-9,11H,10H2,(H,19,21). The first-order valence-corrected chi connectivity index (χ1v) is 7.14. The number of aromatic nitrogens is 1. The van der Waals surface area contributed by atoms with Gasteiger partial charge in [0.1, 0.15) is 0 Å². The number of nitrogens with zero attached hydrogens (tertiary/aromatic N) is 1. The Kier molecular flexibility index (Phi) is 4.21. The van der Waals surface area contributed by atoms with Gasteiger partial charge >= 0.3 is 0 Å². The molecule has 0 aliphatic heterocycles. The number of rotatable bonds is 4. The quantitative estimate of drug-likeness (QED) is 0.794. The molecular formula is C17H13ClN2O2. The maximum absolute atomic E-state index is 12.1. The van der Waals surface area contributed by atoms with Gasteiger partial charge in [0.15, 0.2) is 0 Å². The number of benzene rings is 2. The highest BCUT2D eigenvalue weighted by Crippen LogP contribution is 2.19. The molecule has 0 saturated carbocycles. The van der Waals surface area contributed by atoms with Crippen molar-refractivity contribution in [2.45, 2.75) is 6.54 Å². The second-order valence-corrected chi connectivity index (χ2v) is 5.08. The van der Waals surface area contributed by atoms with Crippen LogP contribution in [0, 0.1) is 0 Å². The van der Waals surface area contributed by atoms with Crippen molar-refractivity contribution in [1.29, 1.82) is 0 Å². The maximum atomic E-state index is 12.1. The molecule has 22 heavy (non-hydrogen) atoms. The molecule has 1 heterocycles. The van der Waals surface area contributed by atoms with Crippen LogP contribution in [0.3, 0.4) is 0 Å². The van der Waals surface area contributed by atoms with E-state index in [9.17, 15) is 4.79 Å². The zero-order valence-electron chi connectivity index (χ0n) is 11.6. The van der Waals surface area contributed by atoms with E-state index in [-0.39, 0.29) is 11.7 Å². The first kappa shape index (κ1) is 14.4. The van der Waals surface area contributed by atoms with Crippen molar-refractivity contribution in [2.24, 2.45) is 0 Å². The number of nitrogens with one attached hydrogen (secondary N) is 1. The van der Waals surface area contributed by atoms with Gasteiger partial charge in [0.25, 0.3) is 5.91 Å². The topological polar surface area (TPSA) is 55.1 Å². The number of amides is 1. The van der Waals surface area contributed by atoms with E-state index in [4.69, 9.17) is 16.0 Å². The highest BCUT2D eigenvalue weighted by Gasteiger charge is 2.13. The van der Waals surface area contributed by atoms with Crippen molar-refractivity contribution in [3.63, 3.8) is 0 Å². The highest BCUT2D eigenvalue weighted by molar-refractivity contribution is 6.31. The molecule has 3 rings (SSSR count). The van der Waals surface area contributed by atoms with Crippen LogP contribution < -0.4 is 5.32 Å². The summed E-state index contributed by atoms with van der Waals surface area (Å²) in [6, 6.07) is 16.8. The molecule has 0 bridgehead atoms. The number of halogens is 1. The van der Waals surface area contributed by atoms with Crippen LogP contribution in [0.5, 0.6) is 0 Å². The van der Waals surface area contributed by atoms with Gasteiger partial charge < -0.3 is 9.73 Å². The Balaban J connectivity index is 1.69. The van der Waals surface area contributed by atoms with E-state index in [2.05, 4.69) is 10.3 Å². The fraction of sp³-hybridized carbons (Fsp3) is 0.0588. The monoisotopic (exact) mass is 312 g/mol. The molecule has 0 aliphatic rings. The molecule has 5 heteroatoms. The number of hydrogen-bond acceptors (Lipinski definition) is 3. The normalized spacial score (nSPS) is 10.4. The summed E-state index contributed by atoms with van der Waals surface area (Å²) < 4.78 is 5.49. The van der Waals surface area contributed by atoms with E-state index in [1.807, 2.05) is 48.5 Å². The van der Waals surface area contributed by atoms with Crippen LogP contribution in [0.15, 0.2) is 65.2 Å². The van der Waals surface area contributed by atoms with Crippen LogP contribution >= 0.6 is 11.6 Å². The summed E-state index contributed by atoms with van der Waals surface area (Å²) >= 11 is 6.05. The molecule has 0 atom stereocenters. The smallest absolute Gasteiger partial charge is 0.288 e. The predicted molar refractivity (Wildman–Crippen MR) is 84.6 cm³/mol. The summed E-state index contributed by atoms with van der Waals surface area (Å²) in [5, 5.41) is 3.38. The zero-order valence-corrected chi connectivity index (χ0v) is 12.4. The molecule has 0 spiro atoms. The number of hydrogen-bond donors (Lipinski definition) is 1. The van der Waals surface area contributed by atoms with E-state index in [0.29, 0.717) is 17.5 Å². The molecule has 0 aliphatic carbocycles. The first-order chi connectivity index (χ1) is 10.7. The Hall–Kier alpha value is -2.59. The third kappa shape index (κ3) is 3.18. The van der Waals surface area contributed by atoms with Crippen molar-refractivity contribution in [3.05, 3.63) is 77.1 Å². The summed E-state index contributed by atoms with van der Waals surface area (Å²) in [6.45, 7) is 0.333. The van der Waals surface area contributed by atoms with Crippen molar-refractivity contribution in [2.75, 3.05) is 0 Å². The Morgan fingerprint density at radius 3 is 2.59 bits per heavy atom. The summed E-state index contributed by atoms with van der Waals surface area (Å²) in [5.41, 5.74) is 1.67. The average Bonchev–Trinajstić information content (AvgIpc) is 3.05. The summed E-state index contributed by atoms with van der Waals surface area (Å²) in [5.74, 6) is 0.268. The van der Waals surface area contributed by atoms with Crippen molar-refractivity contribution >= 4 is 17.5 Å². The van der Waals surface area contributed by atoms with Crippen LogP contribution in [-0.2, 0) is 6.54 Å². The van der Waals surface area contributed by atoms with E-state index in [1.54, 1.807) is 6.07 Å². The number of carbonyl (C=O) groups is 1. The van der Waals surface area contributed by atoms with Gasteiger partial charge in [-0.25, -0.2) is 4.98 Å². The van der Waals surface area contributed by atoms with E-state index in [1.165, 1.54) is 6.20 Å². The zero-order chi connectivity index (χ0) is 15.4. The number of carbonyl (C=O) groups excluding carboxylic acids is 1. The molecule has 4 nitrogen and oxygen atoms in total. The molecule has 1 amide bonds.